The normalized spacial score (nSPS) is 11.4. The molecule has 0 radical (unpaired) electrons. The highest BCUT2D eigenvalue weighted by molar-refractivity contribution is 7.22. The van der Waals surface area contributed by atoms with E-state index in [1.807, 2.05) is 31.5 Å². The summed E-state index contributed by atoms with van der Waals surface area (Å²) in [6.45, 7) is 7.64. The molecule has 3 N–H and O–H groups in total. The summed E-state index contributed by atoms with van der Waals surface area (Å²) in [4.78, 5) is 21.4. The second-order valence-electron chi connectivity index (χ2n) is 8.63. The number of hydrogen-bond donors (Lipinski definition) is 2. The van der Waals surface area contributed by atoms with Crippen molar-refractivity contribution in [1.82, 2.24) is 19.9 Å². The van der Waals surface area contributed by atoms with Gasteiger partial charge in [0.15, 0.2) is 5.13 Å². The van der Waals surface area contributed by atoms with Gasteiger partial charge in [-0.3, -0.25) is 4.79 Å². The fourth-order valence-electron chi connectivity index (χ4n) is 3.65. The van der Waals surface area contributed by atoms with Crippen molar-refractivity contribution in [3.63, 3.8) is 0 Å². The fourth-order valence-corrected chi connectivity index (χ4v) is 4.53. The molecular weight excluding hydrogens is 561 g/mol. The minimum atomic E-state index is -4.76. The molecule has 224 valence electrons. The maximum atomic E-state index is 12.5. The van der Waals surface area contributed by atoms with Crippen LogP contribution in [0.5, 0.6) is 5.75 Å². The van der Waals surface area contributed by atoms with E-state index in [2.05, 4.69) is 25.3 Å². The zero-order chi connectivity index (χ0) is 29.8. The van der Waals surface area contributed by atoms with Crippen LogP contribution in [0.3, 0.4) is 0 Å². The number of nitrogens with one attached hydrogen (secondary N) is 3. The summed E-state index contributed by atoms with van der Waals surface area (Å²) in [5.41, 5.74) is 9.15. The van der Waals surface area contributed by atoms with Gasteiger partial charge < -0.3 is 35.1 Å². The number of nitrogens with zero attached hydrogens (tertiary/aromatic N) is 3. The first kappa shape index (κ1) is 32.1. The van der Waals surface area contributed by atoms with Gasteiger partial charge in [0.2, 0.25) is 5.95 Å². The van der Waals surface area contributed by atoms with Gasteiger partial charge in [0.05, 0.1) is 21.3 Å². The van der Waals surface area contributed by atoms with Crippen molar-refractivity contribution in [3.05, 3.63) is 47.7 Å². The van der Waals surface area contributed by atoms with Crippen molar-refractivity contribution in [3.8, 4) is 5.75 Å². The number of alkyl halides is 3. The Morgan fingerprint density at radius 1 is 1.02 bits per heavy atom. The largest absolute Gasteiger partial charge is 0.677 e. The first-order valence-corrected chi connectivity index (χ1v) is 13.9. The van der Waals surface area contributed by atoms with E-state index < -0.39 is 6.36 Å². The highest BCUT2D eigenvalue weighted by Gasteiger charge is 2.31. The van der Waals surface area contributed by atoms with Crippen LogP contribution in [0, 0.1) is 0 Å². The van der Waals surface area contributed by atoms with Crippen molar-refractivity contribution >= 4 is 49.6 Å². The number of aryl methyl sites for hydroxylation is 1. The molecule has 4 aromatic rings. The quantitative estimate of drug-likeness (QED) is 0.170. The number of rotatable bonds is 13. The lowest BCUT2D eigenvalue weighted by molar-refractivity contribution is -0.274. The van der Waals surface area contributed by atoms with E-state index in [0.29, 0.717) is 58.7 Å². The third-order valence-corrected chi connectivity index (χ3v) is 6.51. The molecule has 2 aromatic carbocycles. The SMILES string of the molecule is CCOCCCNC(=O)c1ccc2c(c1)nc(Nc1nc3ccc(OC(F)(F)F)cc3s1)n2C.CCOCCC[NH-]. The molecule has 10 nitrogen and oxygen atoms in total. The molecule has 0 aliphatic rings. The molecule has 0 bridgehead atoms. The molecule has 0 saturated heterocycles. The van der Waals surface area contributed by atoms with E-state index >= 15 is 0 Å². The standard InChI is InChI=1S/C22H22F3N5O3S.C5H12NO/c1-3-32-10-4-9-26-19(31)13-5-8-17-16(11-13)27-20(30(17)2)29-21-28-15-7-6-14(12-18(15)34-21)33-22(23,24)25;1-2-7-5-3-4-6/h5-8,11-12H,3-4,9-10H2,1-2H3,(H,26,31)(H,27,28,29);6H,2-5H2,1H3/q;-1. The number of anilines is 2. The average molecular weight is 596 g/mol. The smallest absolute Gasteiger partial charge is 0.573 e. The molecule has 0 atom stereocenters. The Balaban J connectivity index is 0.000000587. The number of aromatic nitrogens is 3. The Labute approximate surface area is 240 Å². The second kappa shape index (κ2) is 15.5. The van der Waals surface area contributed by atoms with Gasteiger partial charge >= 0.3 is 6.36 Å². The molecule has 1 amide bonds. The molecule has 0 aliphatic heterocycles. The summed E-state index contributed by atoms with van der Waals surface area (Å²) in [5.74, 6) is -0.0154. The van der Waals surface area contributed by atoms with E-state index in [-0.39, 0.29) is 11.7 Å². The molecular formula is C27H34F3N6O4S-. The van der Waals surface area contributed by atoms with E-state index in [1.54, 1.807) is 12.1 Å². The van der Waals surface area contributed by atoms with Crippen molar-refractivity contribution < 1.29 is 32.2 Å². The summed E-state index contributed by atoms with van der Waals surface area (Å²) < 4.78 is 54.0. The number of halogens is 3. The minimum Gasteiger partial charge on any atom is -0.677 e. The first-order chi connectivity index (χ1) is 19.6. The van der Waals surface area contributed by atoms with E-state index in [0.717, 1.165) is 31.6 Å². The van der Waals surface area contributed by atoms with Crippen LogP contribution in [0.1, 0.15) is 37.0 Å². The highest BCUT2D eigenvalue weighted by Crippen LogP contribution is 2.33. The van der Waals surface area contributed by atoms with Crippen LogP contribution in [0.4, 0.5) is 24.3 Å². The third-order valence-electron chi connectivity index (χ3n) is 5.58. The topological polar surface area (TPSA) is 123 Å². The second-order valence-corrected chi connectivity index (χ2v) is 9.66. The Kier molecular flexibility index (Phi) is 12.1. The summed E-state index contributed by atoms with van der Waals surface area (Å²) in [6, 6.07) is 9.22. The third kappa shape index (κ3) is 9.85. The number of carbonyl (C=O) groups excluding carboxylic acids is 1. The Hall–Kier alpha value is -3.46. The Bertz CT molecular complexity index is 1410. The number of carbonyl (C=O) groups is 1. The number of amides is 1. The monoisotopic (exact) mass is 595 g/mol. The van der Waals surface area contributed by atoms with Gasteiger partial charge in [0, 0.05) is 51.6 Å². The van der Waals surface area contributed by atoms with Crippen molar-refractivity contribution in [1.29, 1.82) is 0 Å². The zero-order valence-corrected chi connectivity index (χ0v) is 24.0. The van der Waals surface area contributed by atoms with Gasteiger partial charge in [-0.25, -0.2) is 9.97 Å². The number of imidazole rings is 1. The Morgan fingerprint density at radius 3 is 2.44 bits per heavy atom. The van der Waals surface area contributed by atoms with Crippen LogP contribution in [0.15, 0.2) is 36.4 Å². The summed E-state index contributed by atoms with van der Waals surface area (Å²) in [5, 5.41) is 6.43. The van der Waals surface area contributed by atoms with Gasteiger partial charge in [-0.2, -0.15) is 0 Å². The van der Waals surface area contributed by atoms with Gasteiger partial charge in [-0.1, -0.05) is 11.3 Å². The van der Waals surface area contributed by atoms with E-state index in [1.165, 1.54) is 29.5 Å². The first-order valence-electron chi connectivity index (χ1n) is 13.1. The molecule has 2 aromatic heterocycles. The number of ether oxygens (including phenoxy) is 3. The predicted octanol–water partition coefficient (Wildman–Crippen LogP) is 6.45. The van der Waals surface area contributed by atoms with Crippen LogP contribution in [-0.4, -0.2) is 66.3 Å². The van der Waals surface area contributed by atoms with Crippen LogP contribution in [0.25, 0.3) is 27.0 Å². The predicted molar refractivity (Wildman–Crippen MR) is 154 cm³/mol. The molecule has 41 heavy (non-hydrogen) atoms. The molecule has 2 heterocycles. The summed E-state index contributed by atoms with van der Waals surface area (Å²) >= 11 is 1.18. The lowest BCUT2D eigenvalue weighted by Crippen LogP contribution is -2.25. The summed E-state index contributed by atoms with van der Waals surface area (Å²) in [7, 11) is 1.81. The van der Waals surface area contributed by atoms with Crippen LogP contribution >= 0.6 is 11.3 Å². The lowest BCUT2D eigenvalue weighted by atomic mass is 10.2. The number of fused-ring (bicyclic) bond motifs is 2. The van der Waals surface area contributed by atoms with Gasteiger partial charge in [-0.05, 0) is 57.0 Å². The van der Waals surface area contributed by atoms with Crippen molar-refractivity contribution in [2.75, 3.05) is 44.8 Å². The maximum absolute atomic E-state index is 12.5. The molecule has 0 spiro atoms. The van der Waals surface area contributed by atoms with Gasteiger partial charge in [0.1, 0.15) is 5.75 Å². The van der Waals surface area contributed by atoms with E-state index in [9.17, 15) is 18.0 Å². The minimum absolute atomic E-state index is 0.193. The molecule has 0 saturated carbocycles. The van der Waals surface area contributed by atoms with Gasteiger partial charge in [-0.15, -0.1) is 19.7 Å². The molecule has 0 unspecified atom stereocenters. The summed E-state index contributed by atoms with van der Waals surface area (Å²) in [6.07, 6.45) is -3.16. The maximum Gasteiger partial charge on any atom is 0.573 e. The average Bonchev–Trinajstić information content (AvgIpc) is 3.47. The van der Waals surface area contributed by atoms with Crippen LogP contribution < -0.4 is 15.4 Å². The molecule has 14 heteroatoms. The number of hydrogen-bond acceptors (Lipinski definition) is 8. The Morgan fingerprint density at radius 2 is 1.76 bits per heavy atom. The van der Waals surface area contributed by atoms with Crippen LogP contribution in [0.2, 0.25) is 0 Å². The highest BCUT2D eigenvalue weighted by atomic mass is 32.1. The molecule has 0 aliphatic carbocycles. The molecule has 0 fully saturated rings. The number of benzene rings is 2. The van der Waals surface area contributed by atoms with E-state index in [4.69, 9.17) is 15.2 Å². The van der Waals surface area contributed by atoms with Crippen LogP contribution in [-0.2, 0) is 16.5 Å². The fraction of sp³-hybridized carbons (Fsp3) is 0.444. The number of thiazole rings is 1. The lowest BCUT2D eigenvalue weighted by Gasteiger charge is -2.07. The zero-order valence-electron chi connectivity index (χ0n) is 23.1. The molecule has 4 rings (SSSR count). The van der Waals surface area contributed by atoms with Gasteiger partial charge in [0.25, 0.3) is 5.91 Å². The van der Waals surface area contributed by atoms with Crippen molar-refractivity contribution in [2.45, 2.75) is 33.1 Å². The van der Waals surface area contributed by atoms with Crippen molar-refractivity contribution in [2.24, 2.45) is 7.05 Å².